The summed E-state index contributed by atoms with van der Waals surface area (Å²) >= 11 is 0. The van der Waals surface area contributed by atoms with Crippen molar-refractivity contribution < 1.29 is 14.4 Å². The van der Waals surface area contributed by atoms with Crippen LogP contribution in [0.15, 0.2) is 24.3 Å². The highest BCUT2D eigenvalue weighted by molar-refractivity contribution is 6.06. The number of hydrogen-bond donors (Lipinski definition) is 2. The third-order valence-electron chi connectivity index (χ3n) is 1.78. The first-order chi connectivity index (χ1) is 7.16. The van der Waals surface area contributed by atoms with Crippen molar-refractivity contribution in [1.29, 1.82) is 0 Å². The summed E-state index contributed by atoms with van der Waals surface area (Å²) in [4.78, 5) is 32.5. The van der Waals surface area contributed by atoms with Crippen molar-refractivity contribution in [2.75, 3.05) is 6.54 Å². The van der Waals surface area contributed by atoms with E-state index in [9.17, 15) is 14.4 Å². The van der Waals surface area contributed by atoms with Crippen LogP contribution in [0.2, 0.25) is 0 Å². The van der Waals surface area contributed by atoms with E-state index in [4.69, 9.17) is 5.73 Å². The molecule has 0 aliphatic carbocycles. The molecule has 0 radical (unpaired) electrons. The molecule has 3 N–H and O–H groups in total. The molecular formula is C10H10N2O3. The Morgan fingerprint density at radius 3 is 2.40 bits per heavy atom. The zero-order valence-corrected chi connectivity index (χ0v) is 7.90. The van der Waals surface area contributed by atoms with E-state index in [0.717, 1.165) is 0 Å². The SMILES string of the molecule is NC(=O)c1ccccc1C(=O)NCC=O. The molecule has 0 fully saturated rings. The molecule has 0 saturated carbocycles. The van der Waals surface area contributed by atoms with Gasteiger partial charge in [-0.2, -0.15) is 0 Å². The topological polar surface area (TPSA) is 89.3 Å². The van der Waals surface area contributed by atoms with Gasteiger partial charge in [0.2, 0.25) is 5.91 Å². The minimum atomic E-state index is -0.674. The molecular weight excluding hydrogens is 196 g/mol. The Morgan fingerprint density at radius 2 is 1.87 bits per heavy atom. The van der Waals surface area contributed by atoms with Gasteiger partial charge in [0.25, 0.3) is 5.91 Å². The van der Waals surface area contributed by atoms with Gasteiger partial charge in [-0.1, -0.05) is 12.1 Å². The van der Waals surface area contributed by atoms with Crippen molar-refractivity contribution in [3.8, 4) is 0 Å². The second-order valence-corrected chi connectivity index (χ2v) is 2.79. The average molecular weight is 206 g/mol. The first kappa shape index (κ1) is 10.9. The normalized spacial score (nSPS) is 9.33. The van der Waals surface area contributed by atoms with E-state index >= 15 is 0 Å². The number of carbonyl (C=O) groups excluding carboxylic acids is 3. The molecule has 0 heterocycles. The van der Waals surface area contributed by atoms with E-state index in [1.807, 2.05) is 0 Å². The zero-order chi connectivity index (χ0) is 11.3. The number of hydrogen-bond acceptors (Lipinski definition) is 3. The standard InChI is InChI=1S/C10H10N2O3/c11-9(14)7-3-1-2-4-8(7)10(15)12-5-6-13/h1-4,6H,5H2,(H2,11,14)(H,12,15). The molecule has 1 rings (SSSR count). The van der Waals surface area contributed by atoms with E-state index in [-0.39, 0.29) is 17.7 Å². The second-order valence-electron chi connectivity index (χ2n) is 2.79. The number of carbonyl (C=O) groups is 3. The van der Waals surface area contributed by atoms with Crippen LogP contribution in [-0.4, -0.2) is 24.6 Å². The minimum Gasteiger partial charge on any atom is -0.366 e. The number of nitrogens with two attached hydrogens (primary N) is 1. The van der Waals surface area contributed by atoms with Crippen LogP contribution >= 0.6 is 0 Å². The molecule has 0 aliphatic heterocycles. The molecule has 0 saturated heterocycles. The van der Waals surface area contributed by atoms with Crippen LogP contribution in [0.25, 0.3) is 0 Å². The Kier molecular flexibility index (Phi) is 3.56. The summed E-state index contributed by atoms with van der Waals surface area (Å²) in [5.41, 5.74) is 5.41. The van der Waals surface area contributed by atoms with Crippen molar-refractivity contribution in [1.82, 2.24) is 5.32 Å². The van der Waals surface area contributed by atoms with Crippen LogP contribution in [0.3, 0.4) is 0 Å². The third kappa shape index (κ3) is 2.63. The quantitative estimate of drug-likeness (QED) is 0.663. The predicted molar refractivity (Wildman–Crippen MR) is 53.4 cm³/mol. The van der Waals surface area contributed by atoms with Crippen molar-refractivity contribution in [3.05, 3.63) is 35.4 Å². The highest BCUT2D eigenvalue weighted by atomic mass is 16.2. The summed E-state index contributed by atoms with van der Waals surface area (Å²) in [5.74, 6) is -1.16. The Morgan fingerprint density at radius 1 is 1.27 bits per heavy atom. The van der Waals surface area contributed by atoms with Gasteiger partial charge in [-0.25, -0.2) is 0 Å². The van der Waals surface area contributed by atoms with Gasteiger partial charge in [0.15, 0.2) is 0 Å². The largest absolute Gasteiger partial charge is 0.366 e. The second kappa shape index (κ2) is 4.90. The monoisotopic (exact) mass is 206 g/mol. The van der Waals surface area contributed by atoms with Gasteiger partial charge in [-0.05, 0) is 12.1 Å². The van der Waals surface area contributed by atoms with Crippen LogP contribution in [0.5, 0.6) is 0 Å². The number of rotatable bonds is 4. The van der Waals surface area contributed by atoms with E-state index in [1.165, 1.54) is 12.1 Å². The van der Waals surface area contributed by atoms with Gasteiger partial charge in [0, 0.05) is 0 Å². The van der Waals surface area contributed by atoms with Crippen LogP contribution in [0.4, 0.5) is 0 Å². The lowest BCUT2D eigenvalue weighted by molar-refractivity contribution is -0.107. The third-order valence-corrected chi connectivity index (χ3v) is 1.78. The Balaban J connectivity index is 2.97. The lowest BCUT2D eigenvalue weighted by atomic mass is 10.1. The van der Waals surface area contributed by atoms with Crippen molar-refractivity contribution >= 4 is 18.1 Å². The van der Waals surface area contributed by atoms with Crippen LogP contribution in [0.1, 0.15) is 20.7 Å². The van der Waals surface area contributed by atoms with Gasteiger partial charge in [-0.15, -0.1) is 0 Å². The number of primary amides is 1. The Labute approximate surface area is 86.3 Å². The molecule has 0 aromatic heterocycles. The smallest absolute Gasteiger partial charge is 0.252 e. The van der Waals surface area contributed by atoms with Gasteiger partial charge in [-0.3, -0.25) is 9.59 Å². The molecule has 78 valence electrons. The lowest BCUT2D eigenvalue weighted by Gasteiger charge is -2.05. The molecule has 0 spiro atoms. The van der Waals surface area contributed by atoms with E-state index in [2.05, 4.69) is 5.32 Å². The Hall–Kier alpha value is -2.17. The Bertz CT molecular complexity index is 401. The van der Waals surface area contributed by atoms with Crippen molar-refractivity contribution in [2.24, 2.45) is 5.73 Å². The molecule has 0 atom stereocenters. The molecule has 0 aliphatic rings. The van der Waals surface area contributed by atoms with E-state index < -0.39 is 11.8 Å². The lowest BCUT2D eigenvalue weighted by Crippen LogP contribution is -2.28. The summed E-state index contributed by atoms with van der Waals surface area (Å²) in [6.07, 6.45) is 0.560. The maximum Gasteiger partial charge on any atom is 0.252 e. The first-order valence-corrected chi connectivity index (χ1v) is 4.27. The summed E-state index contributed by atoms with van der Waals surface area (Å²) in [6, 6.07) is 6.15. The highest BCUT2D eigenvalue weighted by Crippen LogP contribution is 2.07. The van der Waals surface area contributed by atoms with Gasteiger partial charge in [0.05, 0.1) is 17.7 Å². The number of benzene rings is 1. The predicted octanol–water partition coefficient (Wildman–Crippen LogP) is -0.286. The highest BCUT2D eigenvalue weighted by Gasteiger charge is 2.13. The summed E-state index contributed by atoms with van der Waals surface area (Å²) in [5, 5.41) is 2.33. The molecule has 15 heavy (non-hydrogen) atoms. The maximum absolute atomic E-state index is 11.5. The summed E-state index contributed by atoms with van der Waals surface area (Å²) in [6.45, 7) is -0.0913. The first-order valence-electron chi connectivity index (χ1n) is 4.27. The minimum absolute atomic E-state index is 0.0913. The molecule has 1 aromatic rings. The van der Waals surface area contributed by atoms with Crippen LogP contribution < -0.4 is 11.1 Å². The van der Waals surface area contributed by atoms with Gasteiger partial charge < -0.3 is 15.8 Å². The molecule has 5 nitrogen and oxygen atoms in total. The maximum atomic E-state index is 11.5. The molecule has 1 aromatic carbocycles. The molecule has 5 heteroatoms. The number of nitrogens with one attached hydrogen (secondary N) is 1. The molecule has 0 bridgehead atoms. The molecule has 2 amide bonds. The van der Waals surface area contributed by atoms with Crippen molar-refractivity contribution in [2.45, 2.75) is 0 Å². The fourth-order valence-corrected chi connectivity index (χ4v) is 1.13. The van der Waals surface area contributed by atoms with Gasteiger partial charge in [0.1, 0.15) is 6.29 Å². The van der Waals surface area contributed by atoms with Gasteiger partial charge >= 0.3 is 0 Å². The summed E-state index contributed by atoms with van der Waals surface area (Å²) in [7, 11) is 0. The van der Waals surface area contributed by atoms with Crippen LogP contribution in [-0.2, 0) is 4.79 Å². The molecule has 0 unspecified atom stereocenters. The number of aldehydes is 1. The van der Waals surface area contributed by atoms with Crippen LogP contribution in [0, 0.1) is 0 Å². The van der Waals surface area contributed by atoms with Crippen molar-refractivity contribution in [3.63, 3.8) is 0 Å². The average Bonchev–Trinajstić information content (AvgIpc) is 2.25. The number of amides is 2. The van der Waals surface area contributed by atoms with E-state index in [1.54, 1.807) is 12.1 Å². The summed E-state index contributed by atoms with van der Waals surface area (Å²) < 4.78 is 0. The fourth-order valence-electron chi connectivity index (χ4n) is 1.13. The zero-order valence-electron chi connectivity index (χ0n) is 7.90. The van der Waals surface area contributed by atoms with E-state index in [0.29, 0.717) is 6.29 Å². The fraction of sp³-hybridized carbons (Fsp3) is 0.100.